The van der Waals surface area contributed by atoms with Crippen LogP contribution in [0, 0.1) is 6.92 Å². The fourth-order valence-corrected chi connectivity index (χ4v) is 1.69. The number of carboxylic acid groups (broad SMARTS) is 1. The lowest BCUT2D eigenvalue weighted by atomic mass is 9.80. The monoisotopic (exact) mass is 196 g/mol. The molecule has 0 amide bonds. The van der Waals surface area contributed by atoms with Gasteiger partial charge in [0.05, 0.1) is 25.0 Å². The molecule has 1 N–H and O–H groups in total. The van der Waals surface area contributed by atoms with Crippen LogP contribution >= 0.6 is 0 Å². The van der Waals surface area contributed by atoms with Gasteiger partial charge in [0, 0.05) is 0 Å². The molecule has 4 nitrogen and oxygen atoms in total. The van der Waals surface area contributed by atoms with E-state index in [1.165, 1.54) is 0 Å². The second-order valence-corrected chi connectivity index (χ2v) is 3.75. The first-order valence-electron chi connectivity index (χ1n) is 4.49. The average molecular weight is 196 g/mol. The summed E-state index contributed by atoms with van der Waals surface area (Å²) in [6.45, 7) is 2.72. The second kappa shape index (κ2) is 3.13. The lowest BCUT2D eigenvalue weighted by Gasteiger charge is -2.38. The summed E-state index contributed by atoms with van der Waals surface area (Å²) in [6, 6.07) is 3.68. The number of aryl methyl sites for hydroxylation is 1. The number of carboxylic acids is 1. The molecule has 1 saturated heterocycles. The van der Waals surface area contributed by atoms with Gasteiger partial charge in [0.25, 0.3) is 0 Å². The molecule has 0 atom stereocenters. The summed E-state index contributed by atoms with van der Waals surface area (Å²) in [6.07, 6.45) is 0.0694. The molecule has 1 aliphatic rings. The largest absolute Gasteiger partial charge is 0.481 e. The predicted molar refractivity (Wildman–Crippen MR) is 48.2 cm³/mol. The van der Waals surface area contributed by atoms with E-state index in [0.717, 1.165) is 11.5 Å². The zero-order valence-corrected chi connectivity index (χ0v) is 7.95. The molecule has 1 aromatic heterocycles. The van der Waals surface area contributed by atoms with E-state index >= 15 is 0 Å². The van der Waals surface area contributed by atoms with Crippen molar-refractivity contribution < 1.29 is 19.1 Å². The lowest BCUT2D eigenvalue weighted by molar-refractivity contribution is -0.146. The van der Waals surface area contributed by atoms with E-state index in [0.29, 0.717) is 13.2 Å². The summed E-state index contributed by atoms with van der Waals surface area (Å²) in [5.74, 6) is 0.711. The minimum absolute atomic E-state index is 0.0694. The number of hydrogen-bond acceptors (Lipinski definition) is 3. The Balaban J connectivity index is 2.24. The van der Waals surface area contributed by atoms with Crippen molar-refractivity contribution in [3.63, 3.8) is 0 Å². The number of carbonyl (C=O) groups is 1. The molecule has 14 heavy (non-hydrogen) atoms. The van der Waals surface area contributed by atoms with E-state index in [-0.39, 0.29) is 6.42 Å². The number of ether oxygens (including phenoxy) is 1. The van der Waals surface area contributed by atoms with E-state index in [1.807, 2.05) is 19.1 Å². The SMILES string of the molecule is Cc1ccc(C2(CC(=O)O)COC2)o1. The topological polar surface area (TPSA) is 59.7 Å². The van der Waals surface area contributed by atoms with Gasteiger partial charge < -0.3 is 14.3 Å². The van der Waals surface area contributed by atoms with Crippen molar-refractivity contribution in [3.8, 4) is 0 Å². The van der Waals surface area contributed by atoms with Gasteiger partial charge in [-0.3, -0.25) is 4.79 Å². The zero-order valence-electron chi connectivity index (χ0n) is 7.95. The Bertz CT molecular complexity index is 349. The van der Waals surface area contributed by atoms with Crippen LogP contribution in [0.15, 0.2) is 16.5 Å². The smallest absolute Gasteiger partial charge is 0.304 e. The van der Waals surface area contributed by atoms with Crippen LogP contribution in [-0.2, 0) is 14.9 Å². The third kappa shape index (κ3) is 1.42. The van der Waals surface area contributed by atoms with Crippen molar-refractivity contribution in [2.24, 2.45) is 0 Å². The highest BCUT2D eigenvalue weighted by Gasteiger charge is 2.44. The van der Waals surface area contributed by atoms with Crippen LogP contribution in [0.2, 0.25) is 0 Å². The standard InChI is InChI=1S/C10H12O4/c1-7-2-3-8(14-7)10(4-9(11)12)5-13-6-10/h2-3H,4-6H2,1H3,(H,11,12). The van der Waals surface area contributed by atoms with E-state index < -0.39 is 11.4 Å². The van der Waals surface area contributed by atoms with Gasteiger partial charge in [-0.05, 0) is 19.1 Å². The third-order valence-corrected chi connectivity index (χ3v) is 2.51. The molecule has 1 aromatic rings. The molecule has 0 unspecified atom stereocenters. The Morgan fingerprint density at radius 3 is 2.64 bits per heavy atom. The first-order valence-corrected chi connectivity index (χ1v) is 4.49. The van der Waals surface area contributed by atoms with E-state index in [4.69, 9.17) is 14.3 Å². The molecule has 1 fully saturated rings. The Hall–Kier alpha value is -1.29. The summed E-state index contributed by atoms with van der Waals surface area (Å²) >= 11 is 0. The minimum Gasteiger partial charge on any atom is -0.481 e. The van der Waals surface area contributed by atoms with Gasteiger partial charge in [0.15, 0.2) is 0 Å². The molecular formula is C10H12O4. The molecular weight excluding hydrogens is 184 g/mol. The third-order valence-electron chi connectivity index (χ3n) is 2.51. The zero-order chi connectivity index (χ0) is 10.2. The molecule has 0 spiro atoms. The van der Waals surface area contributed by atoms with Crippen molar-refractivity contribution in [1.82, 2.24) is 0 Å². The quantitative estimate of drug-likeness (QED) is 0.792. The number of hydrogen-bond donors (Lipinski definition) is 1. The van der Waals surface area contributed by atoms with Crippen LogP contribution in [-0.4, -0.2) is 24.3 Å². The highest BCUT2D eigenvalue weighted by Crippen LogP contribution is 2.36. The summed E-state index contributed by atoms with van der Waals surface area (Å²) in [4.78, 5) is 10.7. The normalized spacial score (nSPS) is 18.9. The van der Waals surface area contributed by atoms with Crippen molar-refractivity contribution >= 4 is 5.97 Å². The van der Waals surface area contributed by atoms with Gasteiger partial charge >= 0.3 is 5.97 Å². The van der Waals surface area contributed by atoms with Crippen LogP contribution in [0.4, 0.5) is 0 Å². The molecule has 0 aromatic carbocycles. The van der Waals surface area contributed by atoms with Crippen LogP contribution in [0.25, 0.3) is 0 Å². The molecule has 0 bridgehead atoms. The first-order chi connectivity index (χ1) is 6.62. The van der Waals surface area contributed by atoms with Crippen LogP contribution in [0.1, 0.15) is 17.9 Å². The Labute approximate surface area is 81.5 Å². The maximum atomic E-state index is 10.7. The second-order valence-electron chi connectivity index (χ2n) is 3.75. The maximum absolute atomic E-state index is 10.7. The average Bonchev–Trinajstić information content (AvgIpc) is 2.44. The van der Waals surface area contributed by atoms with Crippen LogP contribution < -0.4 is 0 Å². The van der Waals surface area contributed by atoms with Crippen molar-refractivity contribution in [2.45, 2.75) is 18.8 Å². The van der Waals surface area contributed by atoms with Gasteiger partial charge in [-0.1, -0.05) is 0 Å². The van der Waals surface area contributed by atoms with E-state index in [1.54, 1.807) is 0 Å². The fraction of sp³-hybridized carbons (Fsp3) is 0.500. The molecule has 76 valence electrons. The number of furan rings is 1. The first kappa shape index (κ1) is 9.27. The molecule has 2 rings (SSSR count). The van der Waals surface area contributed by atoms with Gasteiger partial charge in [0.1, 0.15) is 11.5 Å². The summed E-state index contributed by atoms with van der Waals surface area (Å²) in [5.41, 5.74) is -0.430. The van der Waals surface area contributed by atoms with Gasteiger partial charge in [-0.15, -0.1) is 0 Å². The van der Waals surface area contributed by atoms with Crippen LogP contribution in [0.3, 0.4) is 0 Å². The fourth-order valence-electron chi connectivity index (χ4n) is 1.69. The van der Waals surface area contributed by atoms with Crippen LogP contribution in [0.5, 0.6) is 0 Å². The summed E-state index contributed by atoms with van der Waals surface area (Å²) in [7, 11) is 0. The molecule has 1 aliphatic heterocycles. The predicted octanol–water partition coefficient (Wildman–Crippen LogP) is 1.33. The highest BCUT2D eigenvalue weighted by molar-refractivity contribution is 5.69. The van der Waals surface area contributed by atoms with Gasteiger partial charge in [-0.25, -0.2) is 0 Å². The highest BCUT2D eigenvalue weighted by atomic mass is 16.5. The maximum Gasteiger partial charge on any atom is 0.304 e. The summed E-state index contributed by atoms with van der Waals surface area (Å²) < 4.78 is 10.5. The molecule has 2 heterocycles. The van der Waals surface area contributed by atoms with E-state index in [2.05, 4.69) is 0 Å². The summed E-state index contributed by atoms with van der Waals surface area (Å²) in [5, 5.41) is 8.78. The molecule has 0 aliphatic carbocycles. The molecule has 0 radical (unpaired) electrons. The van der Waals surface area contributed by atoms with Gasteiger partial charge in [0.2, 0.25) is 0 Å². The van der Waals surface area contributed by atoms with Crippen molar-refractivity contribution in [2.75, 3.05) is 13.2 Å². The number of aliphatic carboxylic acids is 1. The van der Waals surface area contributed by atoms with E-state index in [9.17, 15) is 4.79 Å². The Kier molecular flexibility index (Phi) is 2.07. The van der Waals surface area contributed by atoms with Crippen molar-refractivity contribution in [1.29, 1.82) is 0 Å². The Morgan fingerprint density at radius 2 is 2.29 bits per heavy atom. The molecule has 4 heteroatoms. The van der Waals surface area contributed by atoms with Crippen molar-refractivity contribution in [3.05, 3.63) is 23.7 Å². The minimum atomic E-state index is -0.817. The molecule has 0 saturated carbocycles. The number of rotatable bonds is 3. The Morgan fingerprint density at radius 1 is 1.57 bits per heavy atom. The lowest BCUT2D eigenvalue weighted by Crippen LogP contribution is -2.48. The van der Waals surface area contributed by atoms with Gasteiger partial charge in [-0.2, -0.15) is 0 Å².